The number of amides is 3. The molecule has 22 heavy (non-hydrogen) atoms. The van der Waals surface area contributed by atoms with E-state index in [2.05, 4.69) is 15.1 Å². The number of ether oxygens (including phenoxy) is 1. The molecule has 0 bridgehead atoms. The standard InChI is InChI=1S/C15H26N4O3/c1-22-13-8-12(9-17-5-2-3-6-17)18(10-13)11-14(20)19-7-4-16-15(19)21/h12-13H,2-11H2,1H3,(H,16,21)/t12-,13-/m0/s1. The Kier molecular flexibility index (Phi) is 4.95. The highest BCUT2D eigenvalue weighted by Crippen LogP contribution is 2.22. The van der Waals surface area contributed by atoms with Gasteiger partial charge in [-0.05, 0) is 32.4 Å². The number of carbonyl (C=O) groups is 2. The second-order valence-corrected chi connectivity index (χ2v) is 6.46. The third-order valence-electron chi connectivity index (χ3n) is 4.99. The van der Waals surface area contributed by atoms with E-state index in [1.165, 1.54) is 17.7 Å². The lowest BCUT2D eigenvalue weighted by Crippen LogP contribution is -2.46. The SMILES string of the molecule is CO[C@H]1C[C@@H](CN2CCCC2)N(CC(=O)N2CCNC2=O)C1. The van der Waals surface area contributed by atoms with Crippen molar-refractivity contribution >= 4 is 11.9 Å². The van der Waals surface area contributed by atoms with E-state index in [-0.39, 0.29) is 18.0 Å². The summed E-state index contributed by atoms with van der Waals surface area (Å²) in [7, 11) is 1.73. The van der Waals surface area contributed by atoms with Crippen LogP contribution in [-0.4, -0.2) is 91.7 Å². The van der Waals surface area contributed by atoms with Crippen molar-refractivity contribution in [3.8, 4) is 0 Å². The summed E-state index contributed by atoms with van der Waals surface area (Å²) in [5, 5.41) is 2.68. The third kappa shape index (κ3) is 3.42. The van der Waals surface area contributed by atoms with Crippen molar-refractivity contribution in [3.05, 3.63) is 0 Å². The molecular formula is C15H26N4O3. The van der Waals surface area contributed by atoms with Crippen molar-refractivity contribution in [1.29, 1.82) is 0 Å². The molecule has 0 aromatic rings. The predicted molar refractivity (Wildman–Crippen MR) is 81.6 cm³/mol. The molecule has 0 aromatic carbocycles. The van der Waals surface area contributed by atoms with Crippen LogP contribution >= 0.6 is 0 Å². The number of imide groups is 1. The van der Waals surface area contributed by atoms with Crippen LogP contribution in [0.3, 0.4) is 0 Å². The summed E-state index contributed by atoms with van der Waals surface area (Å²) in [6, 6.07) is 0.0845. The van der Waals surface area contributed by atoms with Crippen LogP contribution in [-0.2, 0) is 9.53 Å². The zero-order chi connectivity index (χ0) is 15.5. The number of urea groups is 1. The maximum absolute atomic E-state index is 12.4. The number of hydrogen-bond acceptors (Lipinski definition) is 5. The van der Waals surface area contributed by atoms with E-state index in [0.717, 1.165) is 32.6 Å². The molecule has 3 fully saturated rings. The molecule has 0 aromatic heterocycles. The molecule has 2 atom stereocenters. The Morgan fingerprint density at radius 3 is 2.73 bits per heavy atom. The zero-order valence-electron chi connectivity index (χ0n) is 13.3. The van der Waals surface area contributed by atoms with E-state index in [1.807, 2.05) is 0 Å². The van der Waals surface area contributed by atoms with Crippen LogP contribution in [0.5, 0.6) is 0 Å². The van der Waals surface area contributed by atoms with Crippen molar-refractivity contribution in [2.24, 2.45) is 0 Å². The largest absolute Gasteiger partial charge is 0.380 e. The summed E-state index contributed by atoms with van der Waals surface area (Å²) >= 11 is 0. The monoisotopic (exact) mass is 310 g/mol. The Morgan fingerprint density at radius 1 is 1.32 bits per heavy atom. The van der Waals surface area contributed by atoms with E-state index >= 15 is 0 Å². The van der Waals surface area contributed by atoms with Gasteiger partial charge in [0.25, 0.3) is 0 Å². The minimum Gasteiger partial charge on any atom is -0.380 e. The fraction of sp³-hybridized carbons (Fsp3) is 0.867. The van der Waals surface area contributed by atoms with Crippen LogP contribution < -0.4 is 5.32 Å². The van der Waals surface area contributed by atoms with Gasteiger partial charge in [-0.3, -0.25) is 14.6 Å². The number of hydrogen-bond donors (Lipinski definition) is 1. The van der Waals surface area contributed by atoms with Gasteiger partial charge in [0.2, 0.25) is 5.91 Å². The quantitative estimate of drug-likeness (QED) is 0.757. The zero-order valence-corrected chi connectivity index (χ0v) is 13.3. The summed E-state index contributed by atoms with van der Waals surface area (Å²) in [5.74, 6) is -0.0989. The van der Waals surface area contributed by atoms with Crippen LogP contribution in [0, 0.1) is 0 Å². The van der Waals surface area contributed by atoms with Crippen molar-refractivity contribution < 1.29 is 14.3 Å². The Morgan fingerprint density at radius 2 is 2.09 bits per heavy atom. The Bertz CT molecular complexity index is 425. The van der Waals surface area contributed by atoms with Gasteiger partial charge in [-0.25, -0.2) is 4.79 Å². The summed E-state index contributed by atoms with van der Waals surface area (Å²) in [6.07, 6.45) is 3.69. The lowest BCUT2D eigenvalue weighted by molar-refractivity contribution is -0.129. The topological polar surface area (TPSA) is 65.1 Å². The molecule has 0 unspecified atom stereocenters. The molecule has 3 aliphatic rings. The van der Waals surface area contributed by atoms with Gasteiger partial charge in [-0.2, -0.15) is 0 Å². The van der Waals surface area contributed by atoms with Crippen LogP contribution in [0.1, 0.15) is 19.3 Å². The van der Waals surface area contributed by atoms with Gasteiger partial charge in [-0.15, -0.1) is 0 Å². The fourth-order valence-corrected chi connectivity index (χ4v) is 3.72. The van der Waals surface area contributed by atoms with Gasteiger partial charge in [0.1, 0.15) is 0 Å². The van der Waals surface area contributed by atoms with E-state index in [4.69, 9.17) is 4.74 Å². The molecule has 7 heteroatoms. The summed E-state index contributed by atoms with van der Waals surface area (Å²) in [4.78, 5) is 30.0. The van der Waals surface area contributed by atoms with Crippen molar-refractivity contribution in [3.63, 3.8) is 0 Å². The average Bonchev–Trinajstić information content (AvgIpc) is 3.22. The first-order valence-electron chi connectivity index (χ1n) is 8.25. The third-order valence-corrected chi connectivity index (χ3v) is 4.99. The average molecular weight is 310 g/mol. The highest BCUT2D eigenvalue weighted by Gasteiger charge is 2.36. The Labute approximate surface area is 131 Å². The van der Waals surface area contributed by atoms with E-state index in [0.29, 0.717) is 25.7 Å². The lowest BCUT2D eigenvalue weighted by Gasteiger charge is -2.28. The van der Waals surface area contributed by atoms with Gasteiger partial charge in [-0.1, -0.05) is 0 Å². The van der Waals surface area contributed by atoms with Crippen LogP contribution in [0.25, 0.3) is 0 Å². The molecule has 3 aliphatic heterocycles. The molecule has 3 heterocycles. The fourth-order valence-electron chi connectivity index (χ4n) is 3.72. The summed E-state index contributed by atoms with van der Waals surface area (Å²) in [5.41, 5.74) is 0. The number of nitrogens with one attached hydrogen (secondary N) is 1. The first-order valence-corrected chi connectivity index (χ1v) is 8.25. The summed E-state index contributed by atoms with van der Waals surface area (Å²) in [6.45, 7) is 5.44. The maximum Gasteiger partial charge on any atom is 0.324 e. The van der Waals surface area contributed by atoms with Crippen LogP contribution in [0.4, 0.5) is 4.79 Å². The highest BCUT2D eigenvalue weighted by atomic mass is 16.5. The Hall–Kier alpha value is -1.18. The number of carbonyl (C=O) groups excluding carboxylic acids is 2. The Balaban J connectivity index is 1.58. The molecule has 0 radical (unpaired) electrons. The van der Waals surface area contributed by atoms with Crippen LogP contribution in [0.2, 0.25) is 0 Å². The first kappa shape index (κ1) is 15.7. The number of nitrogens with zero attached hydrogens (tertiary/aromatic N) is 3. The predicted octanol–water partition coefficient (Wildman–Crippen LogP) is -0.277. The second-order valence-electron chi connectivity index (χ2n) is 6.46. The van der Waals surface area contributed by atoms with Crippen molar-refractivity contribution in [2.75, 3.05) is 52.9 Å². The van der Waals surface area contributed by atoms with Crippen LogP contribution in [0.15, 0.2) is 0 Å². The van der Waals surface area contributed by atoms with Gasteiger partial charge < -0.3 is 15.0 Å². The number of methoxy groups -OCH3 is 1. The van der Waals surface area contributed by atoms with E-state index < -0.39 is 0 Å². The van der Waals surface area contributed by atoms with E-state index in [1.54, 1.807) is 7.11 Å². The molecule has 3 rings (SSSR count). The number of likely N-dealkylation sites (tertiary alicyclic amines) is 2. The van der Waals surface area contributed by atoms with Crippen molar-refractivity contribution in [2.45, 2.75) is 31.4 Å². The molecular weight excluding hydrogens is 284 g/mol. The van der Waals surface area contributed by atoms with Crippen molar-refractivity contribution in [1.82, 2.24) is 20.0 Å². The molecule has 0 spiro atoms. The van der Waals surface area contributed by atoms with Gasteiger partial charge in [0.15, 0.2) is 0 Å². The normalized spacial score (nSPS) is 30.2. The summed E-state index contributed by atoms with van der Waals surface area (Å²) < 4.78 is 5.50. The minimum atomic E-state index is -0.261. The van der Waals surface area contributed by atoms with E-state index in [9.17, 15) is 9.59 Å². The molecule has 7 nitrogen and oxygen atoms in total. The smallest absolute Gasteiger partial charge is 0.324 e. The van der Waals surface area contributed by atoms with Gasteiger partial charge in [0, 0.05) is 39.3 Å². The lowest BCUT2D eigenvalue weighted by atomic mass is 10.2. The minimum absolute atomic E-state index is 0.0989. The van der Waals surface area contributed by atoms with Gasteiger partial charge in [0.05, 0.1) is 12.6 Å². The maximum atomic E-state index is 12.4. The number of rotatable bonds is 5. The highest BCUT2D eigenvalue weighted by molar-refractivity contribution is 5.96. The second kappa shape index (κ2) is 6.93. The molecule has 3 saturated heterocycles. The molecule has 1 N–H and O–H groups in total. The molecule has 0 saturated carbocycles. The van der Waals surface area contributed by atoms with Gasteiger partial charge >= 0.3 is 6.03 Å². The first-order chi connectivity index (χ1) is 10.7. The molecule has 124 valence electrons. The molecule has 0 aliphatic carbocycles. The molecule has 3 amide bonds.